The predicted octanol–water partition coefficient (Wildman–Crippen LogP) is 4.19. The summed E-state index contributed by atoms with van der Waals surface area (Å²) in [4.78, 5) is 13.2. The Hall–Kier alpha value is -2.61. The molecular formula is C17H14F3N3OS. The maximum Gasteiger partial charge on any atom is 0.416 e. The van der Waals surface area contributed by atoms with Gasteiger partial charge in [-0.25, -0.2) is 4.68 Å². The fourth-order valence-corrected chi connectivity index (χ4v) is 3.03. The van der Waals surface area contributed by atoms with Crippen LogP contribution in [0.3, 0.4) is 0 Å². The second-order valence-corrected chi connectivity index (χ2v) is 6.41. The van der Waals surface area contributed by atoms with E-state index in [1.807, 2.05) is 17.5 Å². The van der Waals surface area contributed by atoms with E-state index in [0.717, 1.165) is 17.0 Å². The number of benzene rings is 1. The first-order valence-corrected chi connectivity index (χ1v) is 8.30. The van der Waals surface area contributed by atoms with Crippen molar-refractivity contribution < 1.29 is 18.0 Å². The van der Waals surface area contributed by atoms with Crippen LogP contribution in [0.1, 0.15) is 16.0 Å². The van der Waals surface area contributed by atoms with Gasteiger partial charge in [0.2, 0.25) is 5.91 Å². The van der Waals surface area contributed by atoms with Crippen LogP contribution in [-0.4, -0.2) is 15.7 Å². The van der Waals surface area contributed by atoms with Crippen molar-refractivity contribution >= 4 is 23.1 Å². The van der Waals surface area contributed by atoms with Crippen LogP contribution in [0.25, 0.3) is 0 Å². The van der Waals surface area contributed by atoms with Gasteiger partial charge in [0.25, 0.3) is 0 Å². The van der Waals surface area contributed by atoms with Crippen LogP contribution in [0.2, 0.25) is 0 Å². The first-order chi connectivity index (χ1) is 11.9. The van der Waals surface area contributed by atoms with E-state index in [4.69, 9.17) is 0 Å². The van der Waals surface area contributed by atoms with Crippen LogP contribution < -0.4 is 5.32 Å². The van der Waals surface area contributed by atoms with Gasteiger partial charge in [-0.05, 0) is 23.1 Å². The highest BCUT2D eigenvalue weighted by atomic mass is 32.1. The van der Waals surface area contributed by atoms with Crippen molar-refractivity contribution in [2.75, 3.05) is 5.32 Å². The van der Waals surface area contributed by atoms with Crippen molar-refractivity contribution in [3.63, 3.8) is 0 Å². The molecular weight excluding hydrogens is 351 g/mol. The lowest BCUT2D eigenvalue weighted by Crippen LogP contribution is -2.18. The summed E-state index contributed by atoms with van der Waals surface area (Å²) in [5.41, 5.74) is -0.461. The maximum atomic E-state index is 12.7. The van der Waals surface area contributed by atoms with Crippen LogP contribution in [0.5, 0.6) is 0 Å². The number of amides is 1. The topological polar surface area (TPSA) is 46.9 Å². The Kier molecular flexibility index (Phi) is 4.89. The summed E-state index contributed by atoms with van der Waals surface area (Å²) in [7, 11) is 0. The Labute approximate surface area is 145 Å². The maximum absolute atomic E-state index is 12.7. The number of hydrogen-bond donors (Lipinski definition) is 1. The molecule has 3 aromatic rings. The molecule has 0 aliphatic heterocycles. The molecule has 3 rings (SSSR count). The highest BCUT2D eigenvalue weighted by Crippen LogP contribution is 2.29. The van der Waals surface area contributed by atoms with E-state index in [0.29, 0.717) is 17.9 Å². The summed E-state index contributed by atoms with van der Waals surface area (Å²) < 4.78 is 39.8. The molecule has 0 aliphatic rings. The Balaban J connectivity index is 1.67. The molecule has 0 saturated heterocycles. The fourth-order valence-electron chi connectivity index (χ4n) is 2.35. The summed E-state index contributed by atoms with van der Waals surface area (Å²) in [6.07, 6.45) is -3.01. The summed E-state index contributed by atoms with van der Waals surface area (Å²) in [6.45, 7) is 0.518. The number of nitrogens with one attached hydrogen (secondary N) is 1. The van der Waals surface area contributed by atoms with E-state index in [2.05, 4.69) is 10.4 Å². The number of carbonyl (C=O) groups is 1. The van der Waals surface area contributed by atoms with Crippen molar-refractivity contribution in [1.29, 1.82) is 0 Å². The molecule has 2 aromatic heterocycles. The zero-order valence-electron chi connectivity index (χ0n) is 13.0. The Morgan fingerprint density at radius 1 is 1.20 bits per heavy atom. The van der Waals surface area contributed by atoms with Crippen molar-refractivity contribution in [2.45, 2.75) is 19.1 Å². The van der Waals surface area contributed by atoms with Crippen LogP contribution >= 0.6 is 11.3 Å². The quantitative estimate of drug-likeness (QED) is 0.737. The predicted molar refractivity (Wildman–Crippen MR) is 89.4 cm³/mol. The summed E-state index contributed by atoms with van der Waals surface area (Å²) in [6, 6.07) is 10.3. The van der Waals surface area contributed by atoms with Crippen LogP contribution in [0.15, 0.2) is 54.0 Å². The van der Waals surface area contributed by atoms with Crippen LogP contribution in [0.4, 0.5) is 19.0 Å². The Morgan fingerprint density at radius 3 is 2.76 bits per heavy atom. The smallest absolute Gasteiger partial charge is 0.311 e. The number of hydrogen-bond acceptors (Lipinski definition) is 3. The molecule has 25 heavy (non-hydrogen) atoms. The first-order valence-electron chi connectivity index (χ1n) is 7.42. The van der Waals surface area contributed by atoms with E-state index in [1.165, 1.54) is 12.1 Å². The summed E-state index contributed by atoms with van der Waals surface area (Å²) in [5, 5.41) is 8.80. The minimum atomic E-state index is -4.42. The van der Waals surface area contributed by atoms with Crippen molar-refractivity contribution in [3.05, 3.63) is 70.0 Å². The molecule has 0 saturated carbocycles. The number of aromatic nitrogens is 2. The third-order valence-electron chi connectivity index (χ3n) is 3.49. The van der Waals surface area contributed by atoms with Gasteiger partial charge in [-0.1, -0.05) is 24.3 Å². The molecule has 1 aromatic carbocycles. The number of rotatable bonds is 5. The largest absolute Gasteiger partial charge is 0.416 e. The van der Waals surface area contributed by atoms with Gasteiger partial charge in [-0.15, -0.1) is 11.3 Å². The van der Waals surface area contributed by atoms with Gasteiger partial charge >= 0.3 is 6.18 Å². The molecule has 0 atom stereocenters. The Bertz CT molecular complexity index is 856. The normalized spacial score (nSPS) is 11.5. The number of carbonyl (C=O) groups excluding carboxylic acids is 1. The lowest BCUT2D eigenvalue weighted by molar-refractivity contribution is -0.137. The van der Waals surface area contributed by atoms with Gasteiger partial charge in [0.05, 0.1) is 24.7 Å². The van der Waals surface area contributed by atoms with Gasteiger partial charge in [0.1, 0.15) is 5.82 Å². The van der Waals surface area contributed by atoms with Gasteiger partial charge in [0, 0.05) is 10.9 Å². The number of anilines is 1. The second kappa shape index (κ2) is 7.10. The SMILES string of the molecule is O=C(Cc1cccc(C(F)(F)F)c1)Nc1ccnn1Cc1cccs1. The van der Waals surface area contributed by atoms with Crippen molar-refractivity contribution in [2.24, 2.45) is 0 Å². The van der Waals surface area contributed by atoms with Crippen molar-refractivity contribution in [1.82, 2.24) is 9.78 Å². The second-order valence-electron chi connectivity index (χ2n) is 5.38. The Morgan fingerprint density at radius 2 is 2.04 bits per heavy atom. The number of thiophene rings is 1. The van der Waals surface area contributed by atoms with Gasteiger partial charge in [-0.3, -0.25) is 4.79 Å². The zero-order chi connectivity index (χ0) is 17.9. The monoisotopic (exact) mass is 365 g/mol. The van der Waals surface area contributed by atoms with Gasteiger partial charge < -0.3 is 5.32 Å². The molecule has 4 nitrogen and oxygen atoms in total. The highest BCUT2D eigenvalue weighted by Gasteiger charge is 2.30. The molecule has 1 amide bonds. The summed E-state index contributed by atoms with van der Waals surface area (Å²) >= 11 is 1.58. The van der Waals surface area contributed by atoms with Crippen LogP contribution in [-0.2, 0) is 23.9 Å². The average molecular weight is 365 g/mol. The number of halogens is 3. The minimum absolute atomic E-state index is 0.145. The molecule has 0 aliphatic carbocycles. The first kappa shape index (κ1) is 17.2. The lowest BCUT2D eigenvalue weighted by Gasteiger charge is -2.10. The molecule has 0 fully saturated rings. The molecule has 0 radical (unpaired) electrons. The van der Waals surface area contributed by atoms with Crippen molar-refractivity contribution in [3.8, 4) is 0 Å². The molecule has 0 spiro atoms. The molecule has 2 heterocycles. The third-order valence-corrected chi connectivity index (χ3v) is 4.35. The van der Waals surface area contributed by atoms with Gasteiger partial charge in [-0.2, -0.15) is 18.3 Å². The van der Waals surface area contributed by atoms with Crippen LogP contribution in [0, 0.1) is 0 Å². The minimum Gasteiger partial charge on any atom is -0.311 e. The fraction of sp³-hybridized carbons (Fsp3) is 0.176. The van der Waals surface area contributed by atoms with E-state index < -0.39 is 17.6 Å². The molecule has 0 unspecified atom stereocenters. The molecule has 8 heteroatoms. The van der Waals surface area contributed by atoms with E-state index in [-0.39, 0.29) is 6.42 Å². The molecule has 0 bridgehead atoms. The lowest BCUT2D eigenvalue weighted by atomic mass is 10.1. The molecule has 130 valence electrons. The number of nitrogens with zero attached hydrogens (tertiary/aromatic N) is 2. The van der Waals surface area contributed by atoms with E-state index >= 15 is 0 Å². The molecule has 1 N–H and O–H groups in total. The number of alkyl halides is 3. The standard InChI is InChI=1S/C17H14F3N3OS/c18-17(19,20)13-4-1-3-12(9-13)10-16(24)22-15-6-7-21-23(15)11-14-5-2-8-25-14/h1-9H,10-11H2,(H,22,24). The third kappa shape index (κ3) is 4.48. The highest BCUT2D eigenvalue weighted by molar-refractivity contribution is 7.09. The van der Waals surface area contributed by atoms with E-state index in [9.17, 15) is 18.0 Å². The van der Waals surface area contributed by atoms with E-state index in [1.54, 1.807) is 28.3 Å². The average Bonchev–Trinajstić information content (AvgIpc) is 3.20. The summed E-state index contributed by atoms with van der Waals surface area (Å²) in [5.74, 6) is 0.109. The zero-order valence-corrected chi connectivity index (χ0v) is 13.8. The van der Waals surface area contributed by atoms with Gasteiger partial charge in [0.15, 0.2) is 0 Å².